The Morgan fingerprint density at radius 1 is 1.38 bits per heavy atom. The van der Waals surface area contributed by atoms with E-state index >= 15 is 0 Å². The van der Waals surface area contributed by atoms with Crippen LogP contribution in [-0.4, -0.2) is 18.6 Å². The summed E-state index contributed by atoms with van der Waals surface area (Å²) >= 11 is 0. The zero-order chi connectivity index (χ0) is 11.8. The summed E-state index contributed by atoms with van der Waals surface area (Å²) in [5.74, 6) is -0.205. The standard InChI is InChI=1S/C13H19NO2/c1-2-16-13(15)10-12(14)9-8-11-6-4-3-5-7-11/h3-7,12H,2,8-10,14H2,1H3/t12-/m0/s1. The van der Waals surface area contributed by atoms with E-state index in [0.717, 1.165) is 12.8 Å². The molecule has 3 nitrogen and oxygen atoms in total. The SMILES string of the molecule is CCOC(=O)C[C@@H](N)CCc1ccccc1. The number of carbonyl (C=O) groups is 1. The van der Waals surface area contributed by atoms with Gasteiger partial charge in [-0.1, -0.05) is 30.3 Å². The first-order valence-electron chi connectivity index (χ1n) is 5.67. The van der Waals surface area contributed by atoms with Crippen molar-refractivity contribution in [2.45, 2.75) is 32.2 Å². The third-order valence-corrected chi connectivity index (χ3v) is 2.38. The molecule has 0 aliphatic rings. The number of benzene rings is 1. The van der Waals surface area contributed by atoms with Crippen molar-refractivity contribution < 1.29 is 9.53 Å². The van der Waals surface area contributed by atoms with E-state index in [2.05, 4.69) is 12.1 Å². The van der Waals surface area contributed by atoms with E-state index in [0.29, 0.717) is 13.0 Å². The highest BCUT2D eigenvalue weighted by atomic mass is 16.5. The fourth-order valence-electron chi connectivity index (χ4n) is 1.53. The zero-order valence-electron chi connectivity index (χ0n) is 9.69. The predicted molar refractivity (Wildman–Crippen MR) is 64.0 cm³/mol. The van der Waals surface area contributed by atoms with Gasteiger partial charge in [0.25, 0.3) is 0 Å². The van der Waals surface area contributed by atoms with Gasteiger partial charge >= 0.3 is 5.97 Å². The van der Waals surface area contributed by atoms with E-state index in [1.807, 2.05) is 18.2 Å². The Labute approximate surface area is 96.6 Å². The summed E-state index contributed by atoms with van der Waals surface area (Å²) in [6.45, 7) is 2.22. The Morgan fingerprint density at radius 2 is 2.06 bits per heavy atom. The number of ether oxygens (including phenoxy) is 1. The van der Waals surface area contributed by atoms with E-state index in [-0.39, 0.29) is 12.0 Å². The van der Waals surface area contributed by atoms with E-state index in [1.165, 1.54) is 5.56 Å². The molecule has 2 N–H and O–H groups in total. The Kier molecular flexibility index (Phi) is 5.57. The van der Waals surface area contributed by atoms with Gasteiger partial charge in [0.05, 0.1) is 13.0 Å². The van der Waals surface area contributed by atoms with Crippen LogP contribution in [0.3, 0.4) is 0 Å². The molecule has 0 radical (unpaired) electrons. The molecule has 0 amide bonds. The van der Waals surface area contributed by atoms with Crippen molar-refractivity contribution in [2.75, 3.05) is 6.61 Å². The smallest absolute Gasteiger partial charge is 0.307 e. The Morgan fingerprint density at radius 3 is 2.69 bits per heavy atom. The molecule has 16 heavy (non-hydrogen) atoms. The van der Waals surface area contributed by atoms with Crippen molar-refractivity contribution in [1.29, 1.82) is 0 Å². The highest BCUT2D eigenvalue weighted by Gasteiger charge is 2.09. The van der Waals surface area contributed by atoms with Crippen LogP contribution in [0.4, 0.5) is 0 Å². The minimum Gasteiger partial charge on any atom is -0.466 e. The molecule has 0 unspecified atom stereocenters. The summed E-state index contributed by atoms with van der Waals surface area (Å²) in [5, 5.41) is 0. The Balaban J connectivity index is 2.25. The molecule has 0 heterocycles. The first kappa shape index (κ1) is 12.7. The molecular weight excluding hydrogens is 202 g/mol. The van der Waals surface area contributed by atoms with Crippen molar-refractivity contribution in [1.82, 2.24) is 0 Å². The van der Waals surface area contributed by atoms with Gasteiger partial charge in [0.15, 0.2) is 0 Å². The molecule has 1 atom stereocenters. The van der Waals surface area contributed by atoms with Gasteiger partial charge in [0, 0.05) is 6.04 Å². The second-order valence-corrected chi connectivity index (χ2v) is 3.79. The maximum absolute atomic E-state index is 11.2. The lowest BCUT2D eigenvalue weighted by molar-refractivity contribution is -0.143. The fourth-order valence-corrected chi connectivity index (χ4v) is 1.53. The van der Waals surface area contributed by atoms with E-state index in [9.17, 15) is 4.79 Å². The molecule has 0 aromatic heterocycles. The summed E-state index contributed by atoms with van der Waals surface area (Å²) in [6, 6.07) is 10.0. The average molecular weight is 221 g/mol. The molecule has 3 heteroatoms. The molecule has 88 valence electrons. The van der Waals surface area contributed by atoms with Crippen molar-refractivity contribution >= 4 is 5.97 Å². The lowest BCUT2D eigenvalue weighted by Crippen LogP contribution is -2.25. The second-order valence-electron chi connectivity index (χ2n) is 3.79. The van der Waals surface area contributed by atoms with Gasteiger partial charge in [-0.25, -0.2) is 0 Å². The number of nitrogens with two attached hydrogens (primary N) is 1. The van der Waals surface area contributed by atoms with E-state index in [1.54, 1.807) is 6.92 Å². The predicted octanol–water partition coefficient (Wildman–Crippen LogP) is 1.90. The number of hydrogen-bond acceptors (Lipinski definition) is 3. The summed E-state index contributed by atoms with van der Waals surface area (Å²) in [6.07, 6.45) is 2.02. The first-order chi connectivity index (χ1) is 7.72. The lowest BCUT2D eigenvalue weighted by atomic mass is 10.0. The zero-order valence-corrected chi connectivity index (χ0v) is 9.69. The van der Waals surface area contributed by atoms with Gasteiger partial charge < -0.3 is 10.5 Å². The molecule has 0 saturated heterocycles. The maximum atomic E-state index is 11.2. The van der Waals surface area contributed by atoms with Crippen LogP contribution in [0.2, 0.25) is 0 Å². The van der Waals surface area contributed by atoms with Gasteiger partial charge in [-0.15, -0.1) is 0 Å². The number of carbonyl (C=O) groups excluding carboxylic acids is 1. The summed E-state index contributed by atoms with van der Waals surface area (Å²) < 4.78 is 4.85. The van der Waals surface area contributed by atoms with Crippen molar-refractivity contribution in [3.05, 3.63) is 35.9 Å². The van der Waals surface area contributed by atoms with Crippen molar-refractivity contribution in [3.8, 4) is 0 Å². The van der Waals surface area contributed by atoms with Crippen molar-refractivity contribution in [3.63, 3.8) is 0 Å². The van der Waals surface area contributed by atoms with Crippen LogP contribution in [0.1, 0.15) is 25.3 Å². The highest BCUT2D eigenvalue weighted by molar-refractivity contribution is 5.70. The normalized spacial score (nSPS) is 12.1. The molecule has 1 aromatic carbocycles. The van der Waals surface area contributed by atoms with Crippen LogP contribution in [0.25, 0.3) is 0 Å². The molecule has 1 aromatic rings. The minimum absolute atomic E-state index is 0.112. The second kappa shape index (κ2) is 7.01. The summed E-state index contributed by atoms with van der Waals surface area (Å²) in [7, 11) is 0. The average Bonchev–Trinajstić information content (AvgIpc) is 2.28. The van der Waals surface area contributed by atoms with Gasteiger partial charge in [-0.2, -0.15) is 0 Å². The number of rotatable bonds is 6. The molecule has 0 bridgehead atoms. The largest absolute Gasteiger partial charge is 0.466 e. The van der Waals surface area contributed by atoms with Crippen LogP contribution in [0, 0.1) is 0 Å². The van der Waals surface area contributed by atoms with Gasteiger partial charge in [-0.3, -0.25) is 4.79 Å². The summed E-state index contributed by atoms with van der Waals surface area (Å²) in [5.41, 5.74) is 7.10. The molecule has 0 fully saturated rings. The van der Waals surface area contributed by atoms with Crippen LogP contribution in [-0.2, 0) is 16.0 Å². The van der Waals surface area contributed by atoms with Gasteiger partial charge in [-0.05, 0) is 25.3 Å². The third kappa shape index (κ3) is 4.94. The van der Waals surface area contributed by atoms with Gasteiger partial charge in [0.2, 0.25) is 0 Å². The van der Waals surface area contributed by atoms with Crippen LogP contribution in [0.15, 0.2) is 30.3 Å². The van der Waals surface area contributed by atoms with E-state index < -0.39 is 0 Å². The molecule has 0 aliphatic carbocycles. The van der Waals surface area contributed by atoms with Crippen LogP contribution >= 0.6 is 0 Å². The third-order valence-electron chi connectivity index (χ3n) is 2.38. The molecule has 1 rings (SSSR count). The monoisotopic (exact) mass is 221 g/mol. The topological polar surface area (TPSA) is 52.3 Å². The lowest BCUT2D eigenvalue weighted by Gasteiger charge is -2.10. The number of aryl methyl sites for hydroxylation is 1. The molecular formula is C13H19NO2. The number of hydrogen-bond donors (Lipinski definition) is 1. The van der Waals surface area contributed by atoms with Crippen LogP contribution in [0.5, 0.6) is 0 Å². The first-order valence-corrected chi connectivity index (χ1v) is 5.67. The summed E-state index contributed by atoms with van der Waals surface area (Å²) in [4.78, 5) is 11.2. The van der Waals surface area contributed by atoms with Gasteiger partial charge in [0.1, 0.15) is 0 Å². The Hall–Kier alpha value is -1.35. The Bertz CT molecular complexity index is 311. The van der Waals surface area contributed by atoms with Crippen molar-refractivity contribution in [2.24, 2.45) is 5.73 Å². The highest BCUT2D eigenvalue weighted by Crippen LogP contribution is 2.06. The minimum atomic E-state index is -0.205. The fraction of sp³-hybridized carbons (Fsp3) is 0.462. The molecule has 0 saturated carbocycles. The number of esters is 1. The van der Waals surface area contributed by atoms with E-state index in [4.69, 9.17) is 10.5 Å². The van der Waals surface area contributed by atoms with Crippen LogP contribution < -0.4 is 5.73 Å². The quantitative estimate of drug-likeness (QED) is 0.746. The maximum Gasteiger partial charge on any atom is 0.307 e. The molecule has 0 spiro atoms. The molecule has 0 aliphatic heterocycles.